The Bertz CT molecular complexity index is 725. The van der Waals surface area contributed by atoms with Gasteiger partial charge in [0.05, 0.1) is 6.61 Å². The maximum atomic E-state index is 12.2. The Morgan fingerprint density at radius 1 is 0.358 bits per heavy atom. The van der Waals surface area contributed by atoms with Crippen LogP contribution in [-0.2, 0) is 19.1 Å². The number of esters is 2. The second-order valence-electron chi connectivity index (χ2n) is 16.6. The summed E-state index contributed by atoms with van der Waals surface area (Å²) in [6, 6.07) is 0. The Morgan fingerprint density at radius 3 is 0.830 bits per heavy atom. The van der Waals surface area contributed by atoms with Gasteiger partial charge in [-0.2, -0.15) is 0 Å². The van der Waals surface area contributed by atoms with Gasteiger partial charge in [0, 0.05) is 12.8 Å². The summed E-state index contributed by atoms with van der Waals surface area (Å²) in [5.41, 5.74) is 0. The largest absolute Gasteiger partial charge is 0.462 e. The molecule has 0 radical (unpaired) electrons. The Balaban J connectivity index is 3.43. The molecule has 0 aliphatic heterocycles. The normalized spacial score (nSPS) is 12.0. The zero-order valence-electron chi connectivity index (χ0n) is 36.1. The van der Waals surface area contributed by atoms with Crippen molar-refractivity contribution in [1.29, 1.82) is 0 Å². The molecule has 0 unspecified atom stereocenters. The van der Waals surface area contributed by atoms with Crippen molar-refractivity contribution in [3.05, 3.63) is 0 Å². The summed E-state index contributed by atoms with van der Waals surface area (Å²) >= 11 is 0. The van der Waals surface area contributed by atoms with Gasteiger partial charge in [-0.25, -0.2) is 0 Å². The third-order valence-corrected chi connectivity index (χ3v) is 11.2. The van der Waals surface area contributed by atoms with E-state index in [9.17, 15) is 14.7 Å². The Kier molecular flexibility index (Phi) is 44.4. The van der Waals surface area contributed by atoms with Crippen LogP contribution in [0.15, 0.2) is 0 Å². The smallest absolute Gasteiger partial charge is 0.306 e. The quantitative estimate of drug-likeness (QED) is 0.0495. The number of carbonyl (C=O) groups is 2. The first-order valence-corrected chi connectivity index (χ1v) is 24.1. The molecule has 0 heterocycles. The number of hydrogen-bond acceptors (Lipinski definition) is 5. The zero-order chi connectivity index (χ0) is 38.6. The summed E-state index contributed by atoms with van der Waals surface area (Å²) in [5, 5.41) is 9.60. The van der Waals surface area contributed by atoms with E-state index in [1.54, 1.807) is 0 Å². The van der Waals surface area contributed by atoms with Gasteiger partial charge in [0.25, 0.3) is 0 Å². The number of aliphatic hydroxyl groups excluding tert-OH is 1. The SMILES string of the molecule is CCCCCCCCCCCCCCCCCCCCCCCCC(=O)O[C@@H](CO)COC(=O)CCCCCCCCCCCCCCCCCCC. The molecule has 1 atom stereocenters. The predicted molar refractivity (Wildman–Crippen MR) is 229 cm³/mol. The van der Waals surface area contributed by atoms with Crippen molar-refractivity contribution in [3.63, 3.8) is 0 Å². The number of unbranched alkanes of at least 4 members (excludes halogenated alkanes) is 37. The highest BCUT2D eigenvalue weighted by molar-refractivity contribution is 5.70. The van der Waals surface area contributed by atoms with Crippen molar-refractivity contribution in [1.82, 2.24) is 0 Å². The summed E-state index contributed by atoms with van der Waals surface area (Å²) in [4.78, 5) is 24.4. The van der Waals surface area contributed by atoms with Gasteiger partial charge < -0.3 is 14.6 Å². The van der Waals surface area contributed by atoms with Crippen molar-refractivity contribution in [3.8, 4) is 0 Å². The second-order valence-corrected chi connectivity index (χ2v) is 16.6. The third-order valence-electron chi connectivity index (χ3n) is 11.2. The van der Waals surface area contributed by atoms with E-state index in [0.29, 0.717) is 12.8 Å². The van der Waals surface area contributed by atoms with Crippen molar-refractivity contribution in [2.45, 2.75) is 283 Å². The molecule has 0 saturated heterocycles. The lowest BCUT2D eigenvalue weighted by Crippen LogP contribution is -2.28. The lowest BCUT2D eigenvalue weighted by Gasteiger charge is -2.15. The van der Waals surface area contributed by atoms with Crippen LogP contribution in [-0.4, -0.2) is 36.4 Å². The molecule has 0 fully saturated rings. The van der Waals surface area contributed by atoms with Gasteiger partial charge in [-0.1, -0.05) is 251 Å². The highest BCUT2D eigenvalue weighted by Crippen LogP contribution is 2.17. The molecule has 0 aliphatic rings. The number of aliphatic hydroxyl groups is 1. The van der Waals surface area contributed by atoms with Gasteiger partial charge >= 0.3 is 11.9 Å². The monoisotopic (exact) mass is 751 g/mol. The molecule has 0 amide bonds. The fraction of sp³-hybridized carbons (Fsp3) is 0.958. The van der Waals surface area contributed by atoms with E-state index in [0.717, 1.165) is 32.1 Å². The summed E-state index contributed by atoms with van der Waals surface area (Å²) < 4.78 is 10.7. The van der Waals surface area contributed by atoms with Crippen LogP contribution in [0.1, 0.15) is 277 Å². The Labute approximate surface area is 331 Å². The van der Waals surface area contributed by atoms with Crippen molar-refractivity contribution < 1.29 is 24.2 Å². The van der Waals surface area contributed by atoms with Crippen LogP contribution in [0.5, 0.6) is 0 Å². The van der Waals surface area contributed by atoms with Crippen molar-refractivity contribution in [2.75, 3.05) is 13.2 Å². The maximum Gasteiger partial charge on any atom is 0.306 e. The molecule has 0 spiro atoms. The minimum Gasteiger partial charge on any atom is -0.462 e. The third kappa shape index (κ3) is 43.5. The number of ether oxygens (including phenoxy) is 2. The molecular weight excluding hydrogens is 657 g/mol. The van der Waals surface area contributed by atoms with Crippen molar-refractivity contribution in [2.24, 2.45) is 0 Å². The van der Waals surface area contributed by atoms with Crippen LogP contribution in [0.3, 0.4) is 0 Å². The van der Waals surface area contributed by atoms with Crippen LogP contribution < -0.4 is 0 Å². The van der Waals surface area contributed by atoms with E-state index >= 15 is 0 Å². The molecule has 0 aromatic rings. The molecule has 5 heteroatoms. The standard InChI is InChI=1S/C48H94O5/c1-3-5-7-9-11-13-15-17-19-21-22-23-24-25-27-29-31-33-35-37-39-41-43-48(51)53-46(44-49)45-52-47(50)42-40-38-36-34-32-30-28-26-20-18-16-14-12-10-8-6-4-2/h46,49H,3-45H2,1-2H3/t46-/m0/s1. The molecule has 0 bridgehead atoms. The second kappa shape index (κ2) is 45.3. The van der Waals surface area contributed by atoms with Crippen LogP contribution >= 0.6 is 0 Å². The minimum atomic E-state index is -0.762. The number of rotatable bonds is 45. The highest BCUT2D eigenvalue weighted by atomic mass is 16.6. The molecule has 1 N–H and O–H groups in total. The molecular formula is C48H94O5. The van der Waals surface area contributed by atoms with Crippen LogP contribution in [0.25, 0.3) is 0 Å². The van der Waals surface area contributed by atoms with Crippen molar-refractivity contribution >= 4 is 11.9 Å². The van der Waals surface area contributed by atoms with E-state index in [1.165, 1.54) is 218 Å². The molecule has 0 aliphatic carbocycles. The lowest BCUT2D eigenvalue weighted by atomic mass is 10.0. The maximum absolute atomic E-state index is 12.2. The lowest BCUT2D eigenvalue weighted by molar-refractivity contribution is -0.161. The summed E-state index contributed by atoms with van der Waals surface area (Å²) in [6.45, 7) is 4.19. The Hall–Kier alpha value is -1.10. The van der Waals surface area contributed by atoms with Gasteiger partial charge in [-0.15, -0.1) is 0 Å². The zero-order valence-corrected chi connectivity index (χ0v) is 36.1. The molecule has 0 aromatic carbocycles. The minimum absolute atomic E-state index is 0.0562. The molecule has 53 heavy (non-hydrogen) atoms. The summed E-state index contributed by atoms with van der Waals surface area (Å²) in [5.74, 6) is -0.568. The van der Waals surface area contributed by atoms with Crippen LogP contribution in [0.4, 0.5) is 0 Å². The van der Waals surface area contributed by atoms with Crippen LogP contribution in [0, 0.1) is 0 Å². The molecule has 0 aromatic heterocycles. The average Bonchev–Trinajstić information content (AvgIpc) is 3.16. The topological polar surface area (TPSA) is 72.8 Å². The van der Waals surface area contributed by atoms with Crippen LogP contribution in [0.2, 0.25) is 0 Å². The first-order chi connectivity index (χ1) is 26.1. The molecule has 0 saturated carbocycles. The average molecular weight is 751 g/mol. The molecule has 5 nitrogen and oxygen atoms in total. The highest BCUT2D eigenvalue weighted by Gasteiger charge is 2.16. The first-order valence-electron chi connectivity index (χ1n) is 24.1. The van der Waals surface area contributed by atoms with Gasteiger partial charge in [-0.05, 0) is 12.8 Å². The van der Waals surface area contributed by atoms with E-state index in [2.05, 4.69) is 13.8 Å². The van der Waals surface area contributed by atoms with Gasteiger partial charge in [-0.3, -0.25) is 9.59 Å². The van der Waals surface area contributed by atoms with E-state index in [-0.39, 0.29) is 25.2 Å². The number of carbonyl (C=O) groups excluding carboxylic acids is 2. The fourth-order valence-electron chi connectivity index (χ4n) is 7.50. The molecule has 0 rings (SSSR count). The summed E-state index contributed by atoms with van der Waals surface area (Å²) in [7, 11) is 0. The fourth-order valence-corrected chi connectivity index (χ4v) is 7.50. The van der Waals surface area contributed by atoms with E-state index in [4.69, 9.17) is 9.47 Å². The van der Waals surface area contributed by atoms with E-state index < -0.39 is 6.10 Å². The molecule has 316 valence electrons. The van der Waals surface area contributed by atoms with E-state index in [1.807, 2.05) is 0 Å². The van der Waals surface area contributed by atoms with Gasteiger partial charge in [0.2, 0.25) is 0 Å². The first kappa shape index (κ1) is 51.9. The van der Waals surface area contributed by atoms with Gasteiger partial charge in [0.15, 0.2) is 6.10 Å². The number of hydrogen-bond donors (Lipinski definition) is 1. The predicted octanol–water partition coefficient (Wildman–Crippen LogP) is 15.5. The Morgan fingerprint density at radius 2 is 0.585 bits per heavy atom. The summed E-state index contributed by atoms with van der Waals surface area (Å²) in [6.07, 6.45) is 51.9. The van der Waals surface area contributed by atoms with Gasteiger partial charge in [0.1, 0.15) is 6.61 Å².